The van der Waals surface area contributed by atoms with E-state index in [4.69, 9.17) is 27.6 Å². The van der Waals surface area contributed by atoms with Gasteiger partial charge in [-0.15, -0.1) is 0 Å². The van der Waals surface area contributed by atoms with Crippen molar-refractivity contribution in [2.45, 2.75) is 0 Å². The molecule has 1 N–H and O–H groups in total. The SMILES string of the molecule is O=C(Nc1cc([N+](=O)[O-])ccc1Cl)c1ccoc1Cl. The van der Waals surface area contributed by atoms with E-state index in [2.05, 4.69) is 5.32 Å². The zero-order valence-corrected chi connectivity index (χ0v) is 10.7. The summed E-state index contributed by atoms with van der Waals surface area (Å²) in [6.45, 7) is 0. The minimum absolute atomic E-state index is 0.0703. The molecule has 2 aromatic rings. The molecular weight excluding hydrogens is 295 g/mol. The number of nitrogens with one attached hydrogen (secondary N) is 1. The highest BCUT2D eigenvalue weighted by molar-refractivity contribution is 6.35. The molecule has 1 aromatic carbocycles. The van der Waals surface area contributed by atoms with E-state index in [1.54, 1.807) is 0 Å². The van der Waals surface area contributed by atoms with E-state index in [0.29, 0.717) is 0 Å². The van der Waals surface area contributed by atoms with E-state index >= 15 is 0 Å². The van der Waals surface area contributed by atoms with Crippen LogP contribution in [0.2, 0.25) is 10.2 Å². The maximum atomic E-state index is 11.8. The van der Waals surface area contributed by atoms with Gasteiger partial charge in [-0.1, -0.05) is 11.6 Å². The second-order valence-corrected chi connectivity index (χ2v) is 4.23. The summed E-state index contributed by atoms with van der Waals surface area (Å²) >= 11 is 11.5. The van der Waals surface area contributed by atoms with Gasteiger partial charge in [0.1, 0.15) is 0 Å². The van der Waals surface area contributed by atoms with Gasteiger partial charge in [0.2, 0.25) is 5.22 Å². The lowest BCUT2D eigenvalue weighted by molar-refractivity contribution is -0.384. The Kier molecular flexibility index (Phi) is 3.73. The first-order valence-corrected chi connectivity index (χ1v) is 5.73. The second-order valence-electron chi connectivity index (χ2n) is 3.48. The average Bonchev–Trinajstić information content (AvgIpc) is 2.78. The Balaban J connectivity index is 2.28. The Hall–Kier alpha value is -2.05. The Morgan fingerprint density at radius 3 is 2.63 bits per heavy atom. The molecule has 0 aliphatic rings. The van der Waals surface area contributed by atoms with Crippen LogP contribution in [0, 0.1) is 10.1 Å². The van der Waals surface area contributed by atoms with Crippen LogP contribution >= 0.6 is 23.2 Å². The Labute approximate surface area is 117 Å². The fraction of sp³-hybridized carbons (Fsp3) is 0. The molecule has 6 nitrogen and oxygen atoms in total. The number of carbonyl (C=O) groups excluding carboxylic acids is 1. The minimum atomic E-state index is -0.586. The van der Waals surface area contributed by atoms with Gasteiger partial charge in [-0.25, -0.2) is 0 Å². The fourth-order valence-corrected chi connectivity index (χ4v) is 1.73. The summed E-state index contributed by atoms with van der Waals surface area (Å²) in [7, 11) is 0. The third-order valence-electron chi connectivity index (χ3n) is 2.27. The molecule has 0 aliphatic carbocycles. The zero-order valence-electron chi connectivity index (χ0n) is 9.22. The number of carbonyl (C=O) groups is 1. The molecule has 1 amide bonds. The quantitative estimate of drug-likeness (QED) is 0.691. The number of benzene rings is 1. The van der Waals surface area contributed by atoms with Crippen molar-refractivity contribution in [1.82, 2.24) is 0 Å². The molecule has 0 atom stereocenters. The maximum Gasteiger partial charge on any atom is 0.271 e. The van der Waals surface area contributed by atoms with Crippen molar-refractivity contribution in [1.29, 1.82) is 0 Å². The summed E-state index contributed by atoms with van der Waals surface area (Å²) in [5.41, 5.74) is 0.0559. The number of nitro groups is 1. The lowest BCUT2D eigenvalue weighted by atomic mass is 10.2. The molecule has 0 saturated carbocycles. The molecule has 2 rings (SSSR count). The molecule has 0 aliphatic heterocycles. The Morgan fingerprint density at radius 1 is 1.32 bits per heavy atom. The second kappa shape index (κ2) is 5.29. The molecule has 0 radical (unpaired) electrons. The third kappa shape index (κ3) is 2.86. The number of non-ortho nitro benzene ring substituents is 1. The van der Waals surface area contributed by atoms with Crippen molar-refractivity contribution in [2.75, 3.05) is 5.32 Å². The predicted molar refractivity (Wildman–Crippen MR) is 69.8 cm³/mol. The van der Waals surface area contributed by atoms with E-state index in [1.807, 2.05) is 0 Å². The highest BCUT2D eigenvalue weighted by atomic mass is 35.5. The first-order valence-electron chi connectivity index (χ1n) is 4.97. The third-order valence-corrected chi connectivity index (χ3v) is 2.89. The highest BCUT2D eigenvalue weighted by Crippen LogP contribution is 2.28. The van der Waals surface area contributed by atoms with Gasteiger partial charge >= 0.3 is 0 Å². The van der Waals surface area contributed by atoms with Crippen molar-refractivity contribution >= 4 is 40.5 Å². The first-order chi connectivity index (χ1) is 8.99. The molecule has 0 saturated heterocycles. The zero-order chi connectivity index (χ0) is 14.0. The van der Waals surface area contributed by atoms with E-state index < -0.39 is 10.8 Å². The fourth-order valence-electron chi connectivity index (χ4n) is 1.37. The summed E-state index contributed by atoms with van der Waals surface area (Å²) in [4.78, 5) is 21.9. The molecule has 0 fully saturated rings. The lowest BCUT2D eigenvalue weighted by Gasteiger charge is -2.05. The number of rotatable bonds is 3. The van der Waals surface area contributed by atoms with Gasteiger partial charge in [0.05, 0.1) is 27.5 Å². The maximum absolute atomic E-state index is 11.8. The average molecular weight is 301 g/mol. The topological polar surface area (TPSA) is 85.4 Å². The summed E-state index contributed by atoms with van der Waals surface area (Å²) < 4.78 is 4.78. The van der Waals surface area contributed by atoms with Gasteiger partial charge in [0.15, 0.2) is 0 Å². The Bertz CT molecular complexity index is 654. The van der Waals surface area contributed by atoms with Gasteiger partial charge in [-0.2, -0.15) is 0 Å². The normalized spacial score (nSPS) is 10.2. The molecule has 0 bridgehead atoms. The molecule has 98 valence electrons. The number of amides is 1. The molecule has 0 unspecified atom stereocenters. The predicted octanol–water partition coefficient (Wildman–Crippen LogP) is 3.75. The molecule has 0 spiro atoms. The standard InChI is InChI=1S/C11H6Cl2N2O4/c12-8-2-1-6(15(17)18)5-9(8)14-11(16)7-3-4-19-10(7)13/h1-5H,(H,14,16). The van der Waals surface area contributed by atoms with Crippen LogP contribution < -0.4 is 5.32 Å². The van der Waals surface area contributed by atoms with Crippen LogP contribution in [0.4, 0.5) is 11.4 Å². The van der Waals surface area contributed by atoms with Crippen LogP contribution in [0.3, 0.4) is 0 Å². The number of hydrogen-bond donors (Lipinski definition) is 1. The van der Waals surface area contributed by atoms with Crippen molar-refractivity contribution < 1.29 is 14.1 Å². The van der Waals surface area contributed by atoms with Crippen molar-refractivity contribution in [3.05, 3.63) is 56.4 Å². The van der Waals surface area contributed by atoms with Crippen LogP contribution in [0.25, 0.3) is 0 Å². The van der Waals surface area contributed by atoms with E-state index in [9.17, 15) is 14.9 Å². The summed E-state index contributed by atoms with van der Waals surface area (Å²) in [6, 6.07) is 5.10. The van der Waals surface area contributed by atoms with E-state index in [1.165, 1.54) is 24.5 Å². The number of halogens is 2. The number of furan rings is 1. The monoisotopic (exact) mass is 300 g/mol. The van der Waals surface area contributed by atoms with Gasteiger partial charge in [-0.05, 0) is 23.7 Å². The van der Waals surface area contributed by atoms with Crippen LogP contribution in [0.15, 0.2) is 34.9 Å². The van der Waals surface area contributed by atoms with Gasteiger partial charge < -0.3 is 9.73 Å². The van der Waals surface area contributed by atoms with Gasteiger partial charge in [0.25, 0.3) is 11.6 Å². The lowest BCUT2D eigenvalue weighted by Crippen LogP contribution is -2.12. The highest BCUT2D eigenvalue weighted by Gasteiger charge is 2.16. The van der Waals surface area contributed by atoms with E-state index in [-0.39, 0.29) is 27.2 Å². The largest absolute Gasteiger partial charge is 0.452 e. The van der Waals surface area contributed by atoms with Crippen molar-refractivity contribution in [3.8, 4) is 0 Å². The molecule has 19 heavy (non-hydrogen) atoms. The minimum Gasteiger partial charge on any atom is -0.452 e. The first kappa shape index (κ1) is 13.4. The van der Waals surface area contributed by atoms with Gasteiger partial charge in [-0.3, -0.25) is 14.9 Å². The molecule has 8 heteroatoms. The number of nitrogens with zero attached hydrogens (tertiary/aromatic N) is 1. The molecule has 1 heterocycles. The molecular formula is C11H6Cl2N2O4. The van der Waals surface area contributed by atoms with Crippen LogP contribution in [-0.4, -0.2) is 10.8 Å². The van der Waals surface area contributed by atoms with Crippen LogP contribution in [0.5, 0.6) is 0 Å². The smallest absolute Gasteiger partial charge is 0.271 e. The Morgan fingerprint density at radius 2 is 2.05 bits per heavy atom. The summed E-state index contributed by atoms with van der Waals surface area (Å²) in [5.74, 6) is -0.568. The molecule has 1 aromatic heterocycles. The number of hydrogen-bond acceptors (Lipinski definition) is 4. The van der Waals surface area contributed by atoms with Crippen LogP contribution in [-0.2, 0) is 0 Å². The van der Waals surface area contributed by atoms with Gasteiger partial charge in [0, 0.05) is 12.1 Å². The van der Waals surface area contributed by atoms with Crippen molar-refractivity contribution in [3.63, 3.8) is 0 Å². The van der Waals surface area contributed by atoms with E-state index in [0.717, 1.165) is 6.07 Å². The van der Waals surface area contributed by atoms with Crippen LogP contribution in [0.1, 0.15) is 10.4 Å². The van der Waals surface area contributed by atoms with Crippen molar-refractivity contribution in [2.24, 2.45) is 0 Å². The summed E-state index contributed by atoms with van der Waals surface area (Å²) in [6.07, 6.45) is 1.26. The number of nitro benzene ring substituents is 1. The number of anilines is 1. The summed E-state index contributed by atoms with van der Waals surface area (Å²) in [5, 5.41) is 13.2.